The number of hydrogen-bond acceptors (Lipinski definition) is 3. The van der Waals surface area contributed by atoms with Crippen LogP contribution < -0.4 is 10.1 Å². The van der Waals surface area contributed by atoms with Gasteiger partial charge >= 0.3 is 0 Å². The lowest BCUT2D eigenvalue weighted by atomic mass is 9.85. The molecular formula is C18H30N2O. The van der Waals surface area contributed by atoms with Crippen molar-refractivity contribution in [3.8, 4) is 5.88 Å². The Morgan fingerprint density at radius 3 is 2.71 bits per heavy atom. The van der Waals surface area contributed by atoms with Crippen LogP contribution in [0.3, 0.4) is 0 Å². The number of rotatable bonds is 6. The van der Waals surface area contributed by atoms with Crippen molar-refractivity contribution in [1.29, 1.82) is 0 Å². The number of hydrogen-bond donors (Lipinski definition) is 1. The highest BCUT2D eigenvalue weighted by atomic mass is 16.5. The molecule has 0 spiro atoms. The van der Waals surface area contributed by atoms with Crippen LogP contribution in [0.4, 0.5) is 0 Å². The van der Waals surface area contributed by atoms with Gasteiger partial charge in [0.25, 0.3) is 0 Å². The summed E-state index contributed by atoms with van der Waals surface area (Å²) in [5, 5.41) is 3.44. The lowest BCUT2D eigenvalue weighted by Gasteiger charge is -2.30. The maximum Gasteiger partial charge on any atom is 0.213 e. The van der Waals surface area contributed by atoms with E-state index in [1.54, 1.807) is 0 Å². The summed E-state index contributed by atoms with van der Waals surface area (Å²) in [7, 11) is 0. The summed E-state index contributed by atoms with van der Waals surface area (Å²) in [6, 6.07) is 4.68. The first kappa shape index (κ1) is 16.3. The predicted octanol–water partition coefficient (Wildman–Crippen LogP) is 4.24. The average Bonchev–Trinajstić information content (AvgIpc) is 2.47. The van der Waals surface area contributed by atoms with Crippen LogP contribution in [0, 0.1) is 12.8 Å². The molecule has 3 nitrogen and oxygen atoms in total. The molecule has 1 aromatic heterocycles. The Bertz CT molecular complexity index is 445. The second-order valence-corrected chi connectivity index (χ2v) is 6.54. The third-order valence-electron chi connectivity index (χ3n) is 4.51. The summed E-state index contributed by atoms with van der Waals surface area (Å²) < 4.78 is 6.19. The molecule has 0 radical (unpaired) electrons. The van der Waals surface area contributed by atoms with Gasteiger partial charge in [0, 0.05) is 24.3 Å². The summed E-state index contributed by atoms with van der Waals surface area (Å²) in [4.78, 5) is 4.65. The van der Waals surface area contributed by atoms with E-state index in [2.05, 4.69) is 44.1 Å². The van der Waals surface area contributed by atoms with Crippen LogP contribution in [-0.2, 0) is 6.54 Å². The van der Waals surface area contributed by atoms with Gasteiger partial charge in [-0.3, -0.25) is 0 Å². The van der Waals surface area contributed by atoms with Crippen LogP contribution in [-0.4, -0.2) is 17.1 Å². The molecule has 0 bridgehead atoms. The van der Waals surface area contributed by atoms with Crippen LogP contribution in [0.2, 0.25) is 0 Å². The minimum absolute atomic E-state index is 0.357. The Morgan fingerprint density at radius 1 is 1.29 bits per heavy atom. The molecule has 2 atom stereocenters. The van der Waals surface area contributed by atoms with Crippen LogP contribution in [0.15, 0.2) is 12.1 Å². The largest absolute Gasteiger partial charge is 0.474 e. The molecule has 2 rings (SSSR count). The van der Waals surface area contributed by atoms with Crippen molar-refractivity contribution >= 4 is 0 Å². The molecule has 0 aliphatic heterocycles. The lowest BCUT2D eigenvalue weighted by Crippen LogP contribution is -2.30. The van der Waals surface area contributed by atoms with Crippen LogP contribution in [0.1, 0.15) is 64.1 Å². The van der Waals surface area contributed by atoms with E-state index in [0.717, 1.165) is 18.1 Å². The molecule has 1 heterocycles. The van der Waals surface area contributed by atoms with Crippen LogP contribution >= 0.6 is 0 Å². The molecule has 1 aromatic rings. The number of ether oxygens (including phenoxy) is 1. The monoisotopic (exact) mass is 290 g/mol. The van der Waals surface area contributed by atoms with E-state index in [-0.39, 0.29) is 0 Å². The summed E-state index contributed by atoms with van der Waals surface area (Å²) in [5.74, 6) is 1.49. The highest BCUT2D eigenvalue weighted by molar-refractivity contribution is 5.25. The van der Waals surface area contributed by atoms with Crippen LogP contribution in [0.25, 0.3) is 0 Å². The molecule has 0 amide bonds. The van der Waals surface area contributed by atoms with Gasteiger partial charge in [-0.25, -0.2) is 4.98 Å². The molecule has 1 aliphatic carbocycles. The molecule has 3 heteroatoms. The number of aryl methyl sites for hydroxylation is 1. The molecule has 2 unspecified atom stereocenters. The topological polar surface area (TPSA) is 34.1 Å². The van der Waals surface area contributed by atoms with Gasteiger partial charge < -0.3 is 10.1 Å². The summed E-state index contributed by atoms with van der Waals surface area (Å²) >= 11 is 0. The lowest BCUT2D eigenvalue weighted by molar-refractivity contribution is 0.0857. The molecular weight excluding hydrogens is 260 g/mol. The fourth-order valence-electron chi connectivity index (χ4n) is 3.08. The van der Waals surface area contributed by atoms with Gasteiger partial charge in [0.1, 0.15) is 6.10 Å². The van der Waals surface area contributed by atoms with Gasteiger partial charge in [0.15, 0.2) is 0 Å². The first-order valence-electron chi connectivity index (χ1n) is 8.46. The van der Waals surface area contributed by atoms with E-state index in [1.165, 1.54) is 37.7 Å². The molecule has 1 N–H and O–H groups in total. The average molecular weight is 290 g/mol. The van der Waals surface area contributed by atoms with Gasteiger partial charge in [0.2, 0.25) is 5.88 Å². The van der Waals surface area contributed by atoms with Crippen molar-refractivity contribution in [3.05, 3.63) is 23.4 Å². The number of nitrogens with zero attached hydrogens (tertiary/aromatic N) is 1. The fourth-order valence-corrected chi connectivity index (χ4v) is 3.08. The first-order chi connectivity index (χ1) is 10.1. The van der Waals surface area contributed by atoms with Crippen molar-refractivity contribution in [2.75, 3.05) is 0 Å². The van der Waals surface area contributed by atoms with Gasteiger partial charge in [-0.1, -0.05) is 33.3 Å². The quantitative estimate of drug-likeness (QED) is 0.851. The highest BCUT2D eigenvalue weighted by Crippen LogP contribution is 2.30. The Hall–Kier alpha value is -1.09. The molecule has 118 valence electrons. The zero-order chi connectivity index (χ0) is 15.2. The summed E-state index contributed by atoms with van der Waals surface area (Å²) in [5.41, 5.74) is 2.33. The zero-order valence-corrected chi connectivity index (χ0v) is 14.0. The SMILES string of the molecule is CCC1CCCCC1Oc1ccc(CNC(C)C)c(C)n1. The molecule has 1 aliphatic rings. The Labute approximate surface area is 129 Å². The van der Waals surface area contributed by atoms with Crippen molar-refractivity contribution in [2.45, 2.75) is 78.5 Å². The van der Waals surface area contributed by atoms with E-state index in [4.69, 9.17) is 4.74 Å². The van der Waals surface area contributed by atoms with Crippen molar-refractivity contribution in [2.24, 2.45) is 5.92 Å². The van der Waals surface area contributed by atoms with Crippen molar-refractivity contribution in [1.82, 2.24) is 10.3 Å². The van der Waals surface area contributed by atoms with E-state index in [9.17, 15) is 0 Å². The molecule has 1 saturated carbocycles. The standard InChI is InChI=1S/C18H30N2O/c1-5-15-8-6-7-9-17(15)21-18-11-10-16(14(4)20-18)12-19-13(2)3/h10-11,13,15,17,19H,5-9,12H2,1-4H3. The number of pyridine rings is 1. The summed E-state index contributed by atoms with van der Waals surface area (Å²) in [6.07, 6.45) is 6.68. The molecule has 21 heavy (non-hydrogen) atoms. The van der Waals surface area contributed by atoms with Gasteiger partial charge in [-0.05, 0) is 44.1 Å². The minimum Gasteiger partial charge on any atom is -0.474 e. The number of nitrogens with one attached hydrogen (secondary N) is 1. The van der Waals surface area contributed by atoms with E-state index < -0.39 is 0 Å². The van der Waals surface area contributed by atoms with Crippen LogP contribution in [0.5, 0.6) is 5.88 Å². The smallest absolute Gasteiger partial charge is 0.213 e. The predicted molar refractivity (Wildman–Crippen MR) is 87.6 cm³/mol. The second-order valence-electron chi connectivity index (χ2n) is 6.54. The Kier molecular flexibility index (Phi) is 6.04. The third kappa shape index (κ3) is 4.70. The molecule has 0 aromatic carbocycles. The van der Waals surface area contributed by atoms with Gasteiger partial charge in [0.05, 0.1) is 0 Å². The minimum atomic E-state index is 0.357. The van der Waals surface area contributed by atoms with Gasteiger partial charge in [-0.15, -0.1) is 0 Å². The van der Waals surface area contributed by atoms with E-state index in [0.29, 0.717) is 18.1 Å². The van der Waals surface area contributed by atoms with E-state index >= 15 is 0 Å². The van der Waals surface area contributed by atoms with Crippen molar-refractivity contribution < 1.29 is 4.74 Å². The summed E-state index contributed by atoms with van der Waals surface area (Å²) in [6.45, 7) is 9.54. The van der Waals surface area contributed by atoms with Crippen molar-refractivity contribution in [3.63, 3.8) is 0 Å². The maximum absolute atomic E-state index is 6.19. The Morgan fingerprint density at radius 2 is 2.05 bits per heavy atom. The zero-order valence-electron chi connectivity index (χ0n) is 14.0. The van der Waals surface area contributed by atoms with Gasteiger partial charge in [-0.2, -0.15) is 0 Å². The molecule has 0 saturated heterocycles. The number of aromatic nitrogens is 1. The normalized spacial score (nSPS) is 22.5. The first-order valence-corrected chi connectivity index (χ1v) is 8.46. The molecule has 1 fully saturated rings. The second kappa shape index (κ2) is 7.79. The Balaban J connectivity index is 1.99. The maximum atomic E-state index is 6.19. The fraction of sp³-hybridized carbons (Fsp3) is 0.722. The van der Waals surface area contributed by atoms with E-state index in [1.807, 2.05) is 6.07 Å². The highest BCUT2D eigenvalue weighted by Gasteiger charge is 2.25. The third-order valence-corrected chi connectivity index (χ3v) is 4.51.